The summed E-state index contributed by atoms with van der Waals surface area (Å²) < 4.78 is 0. The topological polar surface area (TPSA) is 58.4 Å². The Balaban J connectivity index is 2.14. The standard InChI is InChI=1S/C12H25N3O/c1-14-12(16)5-3-9-15-8-2-4-11(10-15)6-7-13/h11H,2-10,13H2,1H3,(H,14,16). The fourth-order valence-electron chi connectivity index (χ4n) is 2.41. The maximum Gasteiger partial charge on any atom is 0.219 e. The molecular formula is C12H25N3O. The van der Waals surface area contributed by atoms with Crippen molar-refractivity contribution in [2.45, 2.75) is 32.1 Å². The van der Waals surface area contributed by atoms with E-state index in [0.717, 1.165) is 31.8 Å². The molecule has 1 rings (SSSR count). The number of nitrogens with one attached hydrogen (secondary N) is 1. The van der Waals surface area contributed by atoms with Gasteiger partial charge in [0.05, 0.1) is 0 Å². The minimum Gasteiger partial charge on any atom is -0.359 e. The Morgan fingerprint density at radius 3 is 3.06 bits per heavy atom. The number of rotatable bonds is 6. The lowest BCUT2D eigenvalue weighted by Crippen LogP contribution is -2.37. The fourth-order valence-corrected chi connectivity index (χ4v) is 2.41. The van der Waals surface area contributed by atoms with Crippen molar-refractivity contribution in [2.24, 2.45) is 11.7 Å². The summed E-state index contributed by atoms with van der Waals surface area (Å²) >= 11 is 0. The average molecular weight is 227 g/mol. The van der Waals surface area contributed by atoms with Crippen LogP contribution < -0.4 is 11.1 Å². The molecule has 1 unspecified atom stereocenters. The first kappa shape index (κ1) is 13.5. The van der Waals surface area contributed by atoms with Crippen LogP contribution in [0.5, 0.6) is 0 Å². The first-order chi connectivity index (χ1) is 7.76. The zero-order valence-electron chi connectivity index (χ0n) is 10.4. The lowest BCUT2D eigenvalue weighted by atomic mass is 9.95. The molecule has 0 radical (unpaired) electrons. The maximum atomic E-state index is 11.1. The van der Waals surface area contributed by atoms with Crippen LogP contribution in [-0.2, 0) is 4.79 Å². The summed E-state index contributed by atoms with van der Waals surface area (Å²) in [4.78, 5) is 13.6. The van der Waals surface area contributed by atoms with Crippen molar-refractivity contribution in [1.82, 2.24) is 10.2 Å². The third-order valence-electron chi connectivity index (χ3n) is 3.34. The van der Waals surface area contributed by atoms with Crippen molar-refractivity contribution in [1.29, 1.82) is 0 Å². The maximum absolute atomic E-state index is 11.1. The van der Waals surface area contributed by atoms with Crippen LogP contribution in [0.15, 0.2) is 0 Å². The van der Waals surface area contributed by atoms with Crippen molar-refractivity contribution in [3.8, 4) is 0 Å². The SMILES string of the molecule is CNC(=O)CCCN1CCCC(CCN)C1. The van der Waals surface area contributed by atoms with Crippen molar-refractivity contribution < 1.29 is 4.79 Å². The molecule has 1 saturated heterocycles. The Labute approximate surface area is 98.6 Å². The summed E-state index contributed by atoms with van der Waals surface area (Å²) in [5, 5.41) is 2.66. The van der Waals surface area contributed by atoms with Crippen molar-refractivity contribution in [3.05, 3.63) is 0 Å². The van der Waals surface area contributed by atoms with Gasteiger partial charge in [0.15, 0.2) is 0 Å². The van der Waals surface area contributed by atoms with E-state index in [4.69, 9.17) is 5.73 Å². The third kappa shape index (κ3) is 4.94. The molecule has 94 valence electrons. The largest absolute Gasteiger partial charge is 0.359 e. The van der Waals surface area contributed by atoms with Gasteiger partial charge in [-0.3, -0.25) is 4.79 Å². The number of carbonyl (C=O) groups is 1. The lowest BCUT2D eigenvalue weighted by molar-refractivity contribution is -0.120. The van der Waals surface area contributed by atoms with Gasteiger partial charge < -0.3 is 16.0 Å². The Morgan fingerprint density at radius 1 is 1.56 bits per heavy atom. The zero-order chi connectivity index (χ0) is 11.8. The van der Waals surface area contributed by atoms with Crippen LogP contribution >= 0.6 is 0 Å². The molecule has 1 fully saturated rings. The van der Waals surface area contributed by atoms with Gasteiger partial charge in [-0.1, -0.05) is 0 Å². The van der Waals surface area contributed by atoms with Gasteiger partial charge in [-0.15, -0.1) is 0 Å². The van der Waals surface area contributed by atoms with E-state index in [0.29, 0.717) is 6.42 Å². The number of nitrogens with two attached hydrogens (primary N) is 1. The molecule has 4 heteroatoms. The quantitative estimate of drug-likeness (QED) is 0.697. The van der Waals surface area contributed by atoms with E-state index in [2.05, 4.69) is 10.2 Å². The molecule has 0 aromatic heterocycles. The van der Waals surface area contributed by atoms with E-state index in [1.165, 1.54) is 25.9 Å². The second kappa shape index (κ2) is 7.63. The molecule has 0 spiro atoms. The minimum atomic E-state index is 0.149. The van der Waals surface area contributed by atoms with Crippen LogP contribution in [-0.4, -0.2) is 44.0 Å². The highest BCUT2D eigenvalue weighted by atomic mass is 16.1. The Bertz CT molecular complexity index is 206. The minimum absolute atomic E-state index is 0.149. The number of nitrogens with zero attached hydrogens (tertiary/aromatic N) is 1. The summed E-state index contributed by atoms with van der Waals surface area (Å²) in [5.74, 6) is 0.925. The van der Waals surface area contributed by atoms with Gasteiger partial charge in [-0.2, -0.15) is 0 Å². The van der Waals surface area contributed by atoms with E-state index < -0.39 is 0 Å². The van der Waals surface area contributed by atoms with Crippen LogP contribution in [0.4, 0.5) is 0 Å². The summed E-state index contributed by atoms with van der Waals surface area (Å²) in [6.45, 7) is 4.21. The fraction of sp³-hybridized carbons (Fsp3) is 0.917. The number of piperidine rings is 1. The molecular weight excluding hydrogens is 202 g/mol. The predicted octanol–water partition coefficient (Wildman–Crippen LogP) is 0.573. The summed E-state index contributed by atoms with van der Waals surface area (Å²) in [7, 11) is 1.69. The molecule has 3 N–H and O–H groups in total. The second-order valence-corrected chi connectivity index (χ2v) is 4.66. The van der Waals surface area contributed by atoms with E-state index in [1.54, 1.807) is 7.05 Å². The van der Waals surface area contributed by atoms with Gasteiger partial charge in [0, 0.05) is 20.0 Å². The van der Waals surface area contributed by atoms with Crippen molar-refractivity contribution in [2.75, 3.05) is 33.2 Å². The Morgan fingerprint density at radius 2 is 2.38 bits per heavy atom. The predicted molar refractivity (Wildman–Crippen MR) is 66.1 cm³/mol. The molecule has 0 aromatic rings. The monoisotopic (exact) mass is 227 g/mol. The van der Waals surface area contributed by atoms with Gasteiger partial charge in [-0.25, -0.2) is 0 Å². The normalized spacial score (nSPS) is 22.0. The van der Waals surface area contributed by atoms with Gasteiger partial charge in [0.25, 0.3) is 0 Å². The first-order valence-electron chi connectivity index (χ1n) is 6.39. The Hall–Kier alpha value is -0.610. The van der Waals surface area contributed by atoms with Crippen LogP contribution in [0.2, 0.25) is 0 Å². The molecule has 1 amide bonds. The molecule has 1 atom stereocenters. The number of hydrogen-bond acceptors (Lipinski definition) is 3. The molecule has 4 nitrogen and oxygen atoms in total. The van der Waals surface area contributed by atoms with E-state index >= 15 is 0 Å². The van der Waals surface area contributed by atoms with E-state index in [-0.39, 0.29) is 5.91 Å². The van der Waals surface area contributed by atoms with Gasteiger partial charge in [-0.05, 0) is 51.2 Å². The number of amides is 1. The van der Waals surface area contributed by atoms with Crippen LogP contribution in [0.3, 0.4) is 0 Å². The molecule has 1 aliphatic heterocycles. The number of carbonyl (C=O) groups excluding carboxylic acids is 1. The third-order valence-corrected chi connectivity index (χ3v) is 3.34. The Kier molecular flexibility index (Phi) is 6.42. The molecule has 1 aliphatic rings. The average Bonchev–Trinajstić information content (AvgIpc) is 2.30. The summed E-state index contributed by atoms with van der Waals surface area (Å²) in [5.41, 5.74) is 5.59. The second-order valence-electron chi connectivity index (χ2n) is 4.66. The molecule has 0 bridgehead atoms. The zero-order valence-corrected chi connectivity index (χ0v) is 10.4. The number of likely N-dealkylation sites (tertiary alicyclic amines) is 1. The molecule has 0 saturated carbocycles. The van der Waals surface area contributed by atoms with Crippen LogP contribution in [0.1, 0.15) is 32.1 Å². The highest BCUT2D eigenvalue weighted by Gasteiger charge is 2.18. The summed E-state index contributed by atoms with van der Waals surface area (Å²) in [6.07, 6.45) is 5.36. The lowest BCUT2D eigenvalue weighted by Gasteiger charge is -2.32. The van der Waals surface area contributed by atoms with Gasteiger partial charge in [0.2, 0.25) is 5.91 Å². The molecule has 0 aromatic carbocycles. The van der Waals surface area contributed by atoms with Gasteiger partial charge >= 0.3 is 0 Å². The molecule has 16 heavy (non-hydrogen) atoms. The van der Waals surface area contributed by atoms with Crippen LogP contribution in [0, 0.1) is 5.92 Å². The molecule has 1 heterocycles. The molecule has 0 aliphatic carbocycles. The van der Waals surface area contributed by atoms with Crippen molar-refractivity contribution >= 4 is 5.91 Å². The van der Waals surface area contributed by atoms with Gasteiger partial charge in [0.1, 0.15) is 0 Å². The smallest absolute Gasteiger partial charge is 0.219 e. The van der Waals surface area contributed by atoms with Crippen molar-refractivity contribution in [3.63, 3.8) is 0 Å². The first-order valence-corrected chi connectivity index (χ1v) is 6.39. The van der Waals surface area contributed by atoms with Crippen LogP contribution in [0.25, 0.3) is 0 Å². The van der Waals surface area contributed by atoms with E-state index in [1.807, 2.05) is 0 Å². The highest BCUT2D eigenvalue weighted by molar-refractivity contribution is 5.75. The highest BCUT2D eigenvalue weighted by Crippen LogP contribution is 2.19. The van der Waals surface area contributed by atoms with E-state index in [9.17, 15) is 4.79 Å². The summed E-state index contributed by atoms with van der Waals surface area (Å²) in [6, 6.07) is 0. The number of hydrogen-bond donors (Lipinski definition) is 2.